The minimum atomic E-state index is -0.646. The zero-order chi connectivity index (χ0) is 42.6. The second-order valence-electron chi connectivity index (χ2n) is 22.4. The number of Topliss-reactive ketones (excluding diaryl/α,β-unsaturated/α-hetero) is 2. The summed E-state index contributed by atoms with van der Waals surface area (Å²) in [6, 6.07) is 12.4. The number of nitrogens with one attached hydrogen (secondary N) is 1. The minimum absolute atomic E-state index is 0.0603. The fraction of sp³-hybridized carbons (Fsp3) is 0.692. The molecule has 1 aliphatic heterocycles. The molecule has 322 valence electrons. The highest BCUT2D eigenvalue weighted by molar-refractivity contribution is 6.00. The number of nitrogen functional groups attached to an aromatic ring is 1. The van der Waals surface area contributed by atoms with E-state index in [0.717, 1.165) is 80.2 Å². The highest BCUT2D eigenvalue weighted by Gasteiger charge is 2.69. The number of aliphatic hydroxyl groups is 1. The topological polar surface area (TPSA) is 125 Å². The summed E-state index contributed by atoms with van der Waals surface area (Å²) in [7, 11) is 1.90. The number of benzene rings is 2. The van der Waals surface area contributed by atoms with E-state index in [1.807, 2.05) is 13.1 Å². The summed E-state index contributed by atoms with van der Waals surface area (Å²) < 4.78 is 6.56. The molecule has 0 radical (unpaired) electrons. The van der Waals surface area contributed by atoms with Gasteiger partial charge in [-0.2, -0.15) is 0 Å². The third-order valence-electron chi connectivity index (χ3n) is 18.0. The number of carbonyl (C=O) groups excluding carboxylic acids is 2. The van der Waals surface area contributed by atoms with Crippen LogP contribution in [0.1, 0.15) is 161 Å². The number of aliphatic hydroxyl groups excluding tert-OH is 1. The maximum absolute atomic E-state index is 14.5. The molecule has 1 saturated heterocycles. The van der Waals surface area contributed by atoms with Crippen molar-refractivity contribution in [2.24, 2.45) is 51.2 Å². The van der Waals surface area contributed by atoms with Crippen molar-refractivity contribution in [3.63, 3.8) is 0 Å². The van der Waals surface area contributed by atoms with Crippen LogP contribution in [0.2, 0.25) is 0 Å². The number of phenols is 1. The number of fused-ring (bicyclic) bond motifs is 5. The molecular formula is C52H74N2O5. The lowest BCUT2D eigenvalue weighted by Crippen LogP contribution is -2.63. The molecule has 4 saturated carbocycles. The molecule has 0 unspecified atom stereocenters. The molecule has 0 spiro atoms. The molecule has 7 heteroatoms. The van der Waals surface area contributed by atoms with E-state index < -0.39 is 17.1 Å². The van der Waals surface area contributed by atoms with Gasteiger partial charge in [0.1, 0.15) is 17.6 Å². The Morgan fingerprint density at radius 3 is 2.34 bits per heavy atom. The molecule has 2 aromatic rings. The lowest BCUT2D eigenvalue weighted by Gasteiger charge is -2.68. The number of epoxide rings is 1. The summed E-state index contributed by atoms with van der Waals surface area (Å²) in [5, 5.41) is 25.9. The van der Waals surface area contributed by atoms with Gasteiger partial charge in [0.2, 0.25) is 0 Å². The smallest absolute Gasteiger partial charge is 0.159 e. The van der Waals surface area contributed by atoms with Crippen LogP contribution >= 0.6 is 0 Å². The first-order valence-electron chi connectivity index (χ1n) is 23.2. The maximum Gasteiger partial charge on any atom is 0.159 e. The van der Waals surface area contributed by atoms with Crippen molar-refractivity contribution in [2.75, 3.05) is 12.8 Å². The summed E-state index contributed by atoms with van der Waals surface area (Å²) in [6.07, 6.45) is 9.12. The summed E-state index contributed by atoms with van der Waals surface area (Å²) >= 11 is 0. The monoisotopic (exact) mass is 807 g/mol. The number of nitrogens with two attached hydrogens (primary N) is 1. The summed E-state index contributed by atoms with van der Waals surface area (Å²) in [5.41, 5.74) is 12.7. The molecule has 2 aromatic carbocycles. The number of hydrogen-bond donors (Lipinski definition) is 4. The average Bonchev–Trinajstić information content (AvgIpc) is 3.45. The average molecular weight is 807 g/mol. The number of aromatic hydroxyl groups is 1. The second kappa shape index (κ2) is 14.8. The van der Waals surface area contributed by atoms with Crippen molar-refractivity contribution in [3.05, 3.63) is 69.8 Å². The van der Waals surface area contributed by atoms with Crippen LogP contribution < -0.4 is 11.1 Å². The number of ketones is 2. The van der Waals surface area contributed by atoms with Gasteiger partial charge in [-0.3, -0.25) is 9.59 Å². The first-order chi connectivity index (χ1) is 27.7. The quantitative estimate of drug-likeness (QED) is 0.132. The maximum atomic E-state index is 14.5. The Morgan fingerprint density at radius 2 is 1.63 bits per heavy atom. The van der Waals surface area contributed by atoms with E-state index in [2.05, 4.69) is 91.9 Å². The first-order valence-corrected chi connectivity index (χ1v) is 23.2. The van der Waals surface area contributed by atoms with E-state index in [0.29, 0.717) is 43.1 Å². The van der Waals surface area contributed by atoms with Gasteiger partial charge in [-0.15, -0.1) is 0 Å². The zero-order valence-electron chi connectivity index (χ0n) is 37.8. The number of rotatable bonds is 11. The van der Waals surface area contributed by atoms with Crippen LogP contribution in [-0.2, 0) is 27.3 Å². The Bertz CT molecular complexity index is 2040. The molecular weight excluding hydrogens is 733 g/mol. The van der Waals surface area contributed by atoms with Crippen LogP contribution in [0.5, 0.6) is 5.75 Å². The largest absolute Gasteiger partial charge is 0.508 e. The standard InChI is InChI=1S/C52H74N2O5/c1-29(2)18-31-20-33(24-35(53)22-31)37-12-11-13-39(37)52(9)47(59-52)41(56)19-30(3)45-40-14-15-44-49(6)26-38(34-21-32(28-54-10)23-36(55)25-34)46(58)48(4,5)43(49)16-17-50(44,7)51(40,8)27-42(45)57/h20-25,29-30,37-39,41,43-44,47,54-56H,11-19,26-28,53H2,1-10H3/t30-,37+,38-,39+,41-,43-,44+,47+,49-,50+,51+,52-/m1/s1. The number of hydrogen-bond acceptors (Lipinski definition) is 7. The predicted octanol–water partition coefficient (Wildman–Crippen LogP) is 10.2. The Kier molecular flexibility index (Phi) is 10.7. The molecule has 12 atom stereocenters. The van der Waals surface area contributed by atoms with E-state index >= 15 is 0 Å². The molecule has 8 rings (SSSR count). The Morgan fingerprint density at radius 1 is 0.898 bits per heavy atom. The number of allylic oxidation sites excluding steroid dienone is 2. The van der Waals surface area contributed by atoms with Gasteiger partial charge in [-0.05, 0) is 170 Å². The van der Waals surface area contributed by atoms with Gasteiger partial charge in [0, 0.05) is 35.4 Å². The van der Waals surface area contributed by atoms with Crippen LogP contribution in [0.4, 0.5) is 5.69 Å². The molecule has 0 amide bonds. The van der Waals surface area contributed by atoms with Crippen molar-refractivity contribution in [2.45, 2.75) is 169 Å². The van der Waals surface area contributed by atoms with E-state index in [9.17, 15) is 19.8 Å². The van der Waals surface area contributed by atoms with Crippen molar-refractivity contribution >= 4 is 17.3 Å². The van der Waals surface area contributed by atoms with Crippen LogP contribution in [0.25, 0.3) is 0 Å². The van der Waals surface area contributed by atoms with Gasteiger partial charge in [0.05, 0.1) is 11.7 Å². The van der Waals surface area contributed by atoms with E-state index in [1.54, 1.807) is 6.07 Å². The van der Waals surface area contributed by atoms with Gasteiger partial charge in [0.25, 0.3) is 0 Å². The van der Waals surface area contributed by atoms with Gasteiger partial charge < -0.3 is 26.0 Å². The molecule has 5 N–H and O–H groups in total. The van der Waals surface area contributed by atoms with Crippen molar-refractivity contribution in [3.8, 4) is 5.75 Å². The predicted molar refractivity (Wildman–Crippen MR) is 236 cm³/mol. The van der Waals surface area contributed by atoms with Crippen LogP contribution in [0.15, 0.2) is 47.5 Å². The first kappa shape index (κ1) is 42.7. The molecule has 5 aliphatic carbocycles. The van der Waals surface area contributed by atoms with Crippen LogP contribution in [-0.4, -0.2) is 46.6 Å². The third-order valence-corrected chi connectivity index (χ3v) is 18.0. The number of anilines is 1. The highest BCUT2D eigenvalue weighted by Crippen LogP contribution is 2.75. The number of phenolic OH excluding ortho intramolecular Hbond substituents is 1. The molecule has 7 nitrogen and oxygen atoms in total. The molecule has 0 aromatic heterocycles. The molecule has 0 bridgehead atoms. The van der Waals surface area contributed by atoms with Gasteiger partial charge in [-0.1, -0.05) is 79.5 Å². The number of ether oxygens (including phenoxy) is 1. The van der Waals surface area contributed by atoms with Gasteiger partial charge >= 0.3 is 0 Å². The van der Waals surface area contributed by atoms with Crippen molar-refractivity contribution < 1.29 is 24.5 Å². The SMILES string of the molecule is CNCc1cc(O)cc([C@H]2C[C@]3(C)[C@H](CC[C@@]4(C)[C@H]3CCC3=C([C@H](C)C[C@@H](O)[C@@H]5O[C@]5(C)[C@H]5CCC[C@H]5c5cc(N)cc(CC(C)C)c5)C(=O)C[C@@]34C)C(C)(C)C2=O)c1. The summed E-state index contributed by atoms with van der Waals surface area (Å²) in [5.74, 6) is 2.25. The molecule has 1 heterocycles. The zero-order valence-corrected chi connectivity index (χ0v) is 37.8. The Labute approximate surface area is 354 Å². The molecule has 59 heavy (non-hydrogen) atoms. The van der Waals surface area contributed by atoms with Crippen molar-refractivity contribution in [1.29, 1.82) is 0 Å². The van der Waals surface area contributed by atoms with Crippen LogP contribution in [0, 0.1) is 51.2 Å². The fourth-order valence-electron chi connectivity index (χ4n) is 15.3. The van der Waals surface area contributed by atoms with Gasteiger partial charge in [-0.25, -0.2) is 0 Å². The molecule has 5 fully saturated rings. The Balaban J connectivity index is 1.02. The Hall–Kier alpha value is -3.00. The second-order valence-corrected chi connectivity index (χ2v) is 22.4. The number of carbonyl (C=O) groups is 2. The lowest BCUT2D eigenvalue weighted by molar-refractivity contribution is -0.183. The highest BCUT2D eigenvalue weighted by atomic mass is 16.6. The third kappa shape index (κ3) is 6.78. The summed E-state index contributed by atoms with van der Waals surface area (Å²) in [6.45, 7) is 21.2. The lowest BCUT2D eigenvalue weighted by atomic mass is 9.35. The fourth-order valence-corrected chi connectivity index (χ4v) is 15.3. The van der Waals surface area contributed by atoms with E-state index in [1.165, 1.54) is 16.7 Å². The summed E-state index contributed by atoms with van der Waals surface area (Å²) in [4.78, 5) is 28.9. The van der Waals surface area contributed by atoms with Crippen LogP contribution in [0.3, 0.4) is 0 Å². The van der Waals surface area contributed by atoms with E-state index in [-0.39, 0.29) is 57.4 Å². The normalized spacial score (nSPS) is 38.6. The van der Waals surface area contributed by atoms with Gasteiger partial charge in [0.15, 0.2) is 5.78 Å². The molecule has 6 aliphatic rings. The minimum Gasteiger partial charge on any atom is -0.508 e. The van der Waals surface area contributed by atoms with Crippen molar-refractivity contribution in [1.82, 2.24) is 5.32 Å². The van der Waals surface area contributed by atoms with E-state index in [4.69, 9.17) is 10.5 Å².